The lowest BCUT2D eigenvalue weighted by atomic mass is 10.1. The van der Waals surface area contributed by atoms with Crippen LogP contribution < -0.4 is 5.43 Å². The smallest absolute Gasteiger partial charge is 0.335 e. The number of hydrogen-bond donors (Lipinski definition) is 2. The molecule has 0 spiro atoms. The number of sulfonamides is 1. The lowest BCUT2D eigenvalue weighted by Gasteiger charge is -2.21. The van der Waals surface area contributed by atoms with Crippen LogP contribution in [-0.2, 0) is 21.2 Å². The van der Waals surface area contributed by atoms with Gasteiger partial charge in [0.1, 0.15) is 0 Å². The van der Waals surface area contributed by atoms with Gasteiger partial charge in [0.05, 0.1) is 23.2 Å². The van der Waals surface area contributed by atoms with Crippen LogP contribution in [0.4, 0.5) is 0 Å². The Bertz CT molecular complexity index is 1210. The molecule has 0 unspecified atom stereocenters. The maximum Gasteiger partial charge on any atom is 0.335 e. The highest BCUT2D eigenvalue weighted by molar-refractivity contribution is 7.89. The van der Waals surface area contributed by atoms with Gasteiger partial charge in [-0.1, -0.05) is 60.7 Å². The van der Waals surface area contributed by atoms with E-state index in [-0.39, 0.29) is 17.0 Å². The molecule has 2 N–H and O–H groups in total. The summed E-state index contributed by atoms with van der Waals surface area (Å²) in [5.74, 6) is -1.64. The molecule has 3 rings (SSSR count). The Balaban J connectivity index is 1.69. The van der Waals surface area contributed by atoms with Gasteiger partial charge >= 0.3 is 5.97 Å². The molecule has 0 aliphatic carbocycles. The average Bonchev–Trinajstić information content (AvgIpc) is 2.83. The van der Waals surface area contributed by atoms with Crippen molar-refractivity contribution in [1.82, 2.24) is 9.73 Å². The Hall–Kier alpha value is -3.82. The predicted molar refractivity (Wildman–Crippen MR) is 124 cm³/mol. The van der Waals surface area contributed by atoms with Gasteiger partial charge in [-0.3, -0.25) is 4.79 Å². The number of carbonyl (C=O) groups excluding carboxylic acids is 1. The zero-order chi connectivity index (χ0) is 23.7. The normalized spacial score (nSPS) is 11.5. The number of carboxylic acid groups (broad SMARTS) is 1. The molecule has 0 aromatic heterocycles. The standard InChI is InChI=1S/C24H23N3O5S/c28-23(26-25-17-20-11-13-21(14-12-20)24(29)30)18-27(16-15-19-7-3-1-4-8-19)33(31,32)22-9-5-2-6-10-22/h1-14,17H,15-16,18H2,(H,26,28)(H,29,30)/b25-17+. The molecule has 3 aromatic rings. The number of amides is 1. The van der Waals surface area contributed by atoms with Crippen molar-refractivity contribution in [3.63, 3.8) is 0 Å². The van der Waals surface area contributed by atoms with Crippen LogP contribution >= 0.6 is 0 Å². The fraction of sp³-hybridized carbons (Fsp3) is 0.125. The summed E-state index contributed by atoms with van der Waals surface area (Å²) in [6.07, 6.45) is 1.79. The molecule has 0 saturated heterocycles. The number of carboxylic acids is 1. The lowest BCUT2D eigenvalue weighted by molar-refractivity contribution is -0.121. The van der Waals surface area contributed by atoms with Gasteiger partial charge < -0.3 is 5.11 Å². The van der Waals surface area contributed by atoms with Crippen LogP contribution in [0.2, 0.25) is 0 Å². The molecule has 0 saturated carbocycles. The lowest BCUT2D eigenvalue weighted by Crippen LogP contribution is -2.40. The maximum atomic E-state index is 13.1. The van der Waals surface area contributed by atoms with Crippen LogP contribution in [0.5, 0.6) is 0 Å². The summed E-state index contributed by atoms with van der Waals surface area (Å²) in [6.45, 7) is -0.283. The highest BCUT2D eigenvalue weighted by Crippen LogP contribution is 2.16. The van der Waals surface area contributed by atoms with Gasteiger partial charge in [-0.05, 0) is 41.8 Å². The Morgan fingerprint density at radius 1 is 0.909 bits per heavy atom. The van der Waals surface area contributed by atoms with Gasteiger partial charge in [0.15, 0.2) is 0 Å². The van der Waals surface area contributed by atoms with Crippen LogP contribution in [0.3, 0.4) is 0 Å². The molecule has 33 heavy (non-hydrogen) atoms. The highest BCUT2D eigenvalue weighted by atomic mass is 32.2. The number of benzene rings is 3. The van der Waals surface area contributed by atoms with Crippen molar-refractivity contribution in [3.8, 4) is 0 Å². The van der Waals surface area contributed by atoms with E-state index in [1.165, 1.54) is 30.5 Å². The summed E-state index contributed by atoms with van der Waals surface area (Å²) in [6, 6.07) is 23.3. The predicted octanol–water partition coefficient (Wildman–Crippen LogP) is 2.77. The Kier molecular flexibility index (Phi) is 8.06. The molecular weight excluding hydrogens is 442 g/mol. The van der Waals surface area contributed by atoms with Gasteiger partial charge in [0.25, 0.3) is 5.91 Å². The third kappa shape index (κ3) is 6.83. The van der Waals surface area contributed by atoms with Crippen LogP contribution in [0.1, 0.15) is 21.5 Å². The summed E-state index contributed by atoms with van der Waals surface area (Å²) in [5.41, 5.74) is 4.00. The molecule has 0 fully saturated rings. The fourth-order valence-corrected chi connectivity index (χ4v) is 4.43. The van der Waals surface area contributed by atoms with Crippen molar-refractivity contribution < 1.29 is 23.1 Å². The van der Waals surface area contributed by atoms with Gasteiger partial charge in [-0.2, -0.15) is 9.41 Å². The highest BCUT2D eigenvalue weighted by Gasteiger charge is 2.26. The van der Waals surface area contributed by atoms with Gasteiger partial charge in [0.2, 0.25) is 10.0 Å². The minimum atomic E-state index is -3.89. The Labute approximate surface area is 192 Å². The first-order valence-corrected chi connectivity index (χ1v) is 11.5. The van der Waals surface area contributed by atoms with E-state index < -0.39 is 28.4 Å². The molecule has 0 radical (unpaired) electrons. The second-order valence-corrected chi connectivity index (χ2v) is 9.05. The zero-order valence-corrected chi connectivity index (χ0v) is 18.5. The van der Waals surface area contributed by atoms with Crippen molar-refractivity contribution in [2.45, 2.75) is 11.3 Å². The number of nitrogens with one attached hydrogen (secondary N) is 1. The van der Waals surface area contributed by atoms with E-state index in [0.29, 0.717) is 12.0 Å². The third-order valence-corrected chi connectivity index (χ3v) is 6.61. The monoisotopic (exact) mass is 465 g/mol. The van der Waals surface area contributed by atoms with Gasteiger partial charge in [0, 0.05) is 6.54 Å². The third-order valence-electron chi connectivity index (χ3n) is 4.75. The topological polar surface area (TPSA) is 116 Å². The number of aromatic carboxylic acids is 1. The number of hydrogen-bond acceptors (Lipinski definition) is 5. The second kappa shape index (κ2) is 11.2. The first-order chi connectivity index (χ1) is 15.9. The number of hydrazone groups is 1. The van der Waals surface area contributed by atoms with E-state index in [9.17, 15) is 18.0 Å². The van der Waals surface area contributed by atoms with Crippen molar-refractivity contribution >= 4 is 28.1 Å². The molecule has 0 atom stereocenters. The minimum Gasteiger partial charge on any atom is -0.478 e. The van der Waals surface area contributed by atoms with Crippen molar-refractivity contribution in [2.24, 2.45) is 5.10 Å². The van der Waals surface area contributed by atoms with E-state index >= 15 is 0 Å². The van der Waals surface area contributed by atoms with E-state index in [1.807, 2.05) is 30.3 Å². The van der Waals surface area contributed by atoms with Crippen LogP contribution in [-0.4, -0.2) is 49.0 Å². The molecule has 0 heterocycles. The molecule has 9 heteroatoms. The van der Waals surface area contributed by atoms with Crippen molar-refractivity contribution in [2.75, 3.05) is 13.1 Å². The fourth-order valence-electron chi connectivity index (χ4n) is 3.01. The van der Waals surface area contributed by atoms with Crippen molar-refractivity contribution in [3.05, 3.63) is 102 Å². The Morgan fingerprint density at radius 3 is 2.12 bits per heavy atom. The first-order valence-electron chi connectivity index (χ1n) is 10.1. The number of rotatable bonds is 10. The summed E-state index contributed by atoms with van der Waals surface area (Å²) >= 11 is 0. The zero-order valence-electron chi connectivity index (χ0n) is 17.7. The summed E-state index contributed by atoms with van der Waals surface area (Å²) in [5, 5.41) is 12.8. The van der Waals surface area contributed by atoms with E-state index in [4.69, 9.17) is 5.11 Å². The molecule has 3 aromatic carbocycles. The SMILES string of the molecule is O=C(CN(CCc1ccccc1)S(=O)(=O)c1ccccc1)N/N=C/c1ccc(C(=O)O)cc1. The number of nitrogens with zero attached hydrogens (tertiary/aromatic N) is 2. The second-order valence-electron chi connectivity index (χ2n) is 7.11. The number of carbonyl (C=O) groups is 2. The van der Waals surface area contributed by atoms with Crippen LogP contribution in [0, 0.1) is 0 Å². The van der Waals surface area contributed by atoms with E-state index in [0.717, 1.165) is 9.87 Å². The largest absolute Gasteiger partial charge is 0.478 e. The molecule has 1 amide bonds. The molecular formula is C24H23N3O5S. The molecule has 0 aliphatic rings. The van der Waals surface area contributed by atoms with Crippen LogP contribution in [0.15, 0.2) is 94.9 Å². The Morgan fingerprint density at radius 2 is 1.52 bits per heavy atom. The maximum absolute atomic E-state index is 13.1. The van der Waals surface area contributed by atoms with Gasteiger partial charge in [-0.25, -0.2) is 18.6 Å². The summed E-state index contributed by atoms with van der Waals surface area (Å²) in [7, 11) is -3.89. The van der Waals surface area contributed by atoms with Crippen LogP contribution in [0.25, 0.3) is 0 Å². The minimum absolute atomic E-state index is 0.105. The molecule has 170 valence electrons. The average molecular weight is 466 g/mol. The summed E-state index contributed by atoms with van der Waals surface area (Å²) in [4.78, 5) is 23.5. The van der Waals surface area contributed by atoms with E-state index in [1.54, 1.807) is 30.3 Å². The van der Waals surface area contributed by atoms with E-state index in [2.05, 4.69) is 10.5 Å². The first kappa shape index (κ1) is 23.8. The quantitative estimate of drug-likeness (QED) is 0.353. The summed E-state index contributed by atoms with van der Waals surface area (Å²) < 4.78 is 27.4. The molecule has 8 nitrogen and oxygen atoms in total. The molecule has 0 aliphatic heterocycles. The molecule has 0 bridgehead atoms. The van der Waals surface area contributed by atoms with Gasteiger partial charge in [-0.15, -0.1) is 0 Å². The van der Waals surface area contributed by atoms with Crippen molar-refractivity contribution in [1.29, 1.82) is 0 Å².